The number of anilines is 1. The van der Waals surface area contributed by atoms with Gasteiger partial charge in [-0.3, -0.25) is 5.32 Å². The molecule has 0 radical (unpaired) electrons. The van der Waals surface area contributed by atoms with Crippen molar-refractivity contribution in [3.8, 4) is 22.5 Å². The first-order chi connectivity index (χ1) is 13.8. The lowest BCUT2D eigenvalue weighted by Crippen LogP contribution is -2.27. The Hall–Kier alpha value is -3.61. The largest absolute Gasteiger partial charge is 0.444 e. The number of amides is 1. The molecule has 4 rings (SSSR count). The Balaban J connectivity index is 1.67. The van der Waals surface area contributed by atoms with Crippen LogP contribution in [0.15, 0.2) is 59.4 Å². The molecule has 0 aliphatic carbocycles. The van der Waals surface area contributed by atoms with Crippen molar-refractivity contribution >= 4 is 17.4 Å². The molecule has 148 valence electrons. The molecule has 3 aromatic heterocycles. The zero-order chi connectivity index (χ0) is 20.6. The summed E-state index contributed by atoms with van der Waals surface area (Å²) in [5, 5.41) is 6.96. The molecule has 7 nitrogen and oxygen atoms in total. The summed E-state index contributed by atoms with van der Waals surface area (Å²) in [6, 6.07) is 13.4. The van der Waals surface area contributed by atoms with Gasteiger partial charge >= 0.3 is 6.09 Å². The summed E-state index contributed by atoms with van der Waals surface area (Å²) in [7, 11) is 0. The Bertz CT molecular complexity index is 1170. The van der Waals surface area contributed by atoms with Crippen LogP contribution in [-0.4, -0.2) is 26.2 Å². The van der Waals surface area contributed by atoms with Crippen molar-refractivity contribution in [3.05, 3.63) is 60.6 Å². The van der Waals surface area contributed by atoms with E-state index in [0.29, 0.717) is 17.1 Å². The summed E-state index contributed by atoms with van der Waals surface area (Å²) >= 11 is 0. The molecule has 0 spiro atoms. The summed E-state index contributed by atoms with van der Waals surface area (Å²) in [5.74, 6) is 0.694. The molecular formula is C22H22N4O3. The van der Waals surface area contributed by atoms with Crippen LogP contribution in [0.25, 0.3) is 28.2 Å². The maximum atomic E-state index is 12.0. The van der Waals surface area contributed by atoms with Crippen molar-refractivity contribution in [2.75, 3.05) is 5.32 Å². The number of fused-ring (bicyclic) bond motifs is 1. The van der Waals surface area contributed by atoms with Crippen LogP contribution in [0.3, 0.4) is 0 Å². The van der Waals surface area contributed by atoms with Gasteiger partial charge < -0.3 is 13.7 Å². The molecule has 0 saturated carbocycles. The smallest absolute Gasteiger partial charge is 0.412 e. The molecule has 0 bridgehead atoms. The van der Waals surface area contributed by atoms with E-state index in [9.17, 15) is 4.79 Å². The number of hydrogen-bond acceptors (Lipinski definition) is 5. The van der Waals surface area contributed by atoms with Crippen molar-refractivity contribution in [1.29, 1.82) is 0 Å². The first kappa shape index (κ1) is 18.7. The summed E-state index contributed by atoms with van der Waals surface area (Å²) < 4.78 is 12.6. The topological polar surface area (TPSA) is 81.7 Å². The Morgan fingerprint density at radius 3 is 2.66 bits per heavy atom. The fourth-order valence-corrected chi connectivity index (χ4v) is 3.07. The SMILES string of the molecule is Cc1onc(-c2ccccc2)c1-c1cn2ccc(NC(=O)OC(C)(C)C)cc2n1. The molecule has 3 heterocycles. The third-order valence-corrected chi connectivity index (χ3v) is 4.27. The summed E-state index contributed by atoms with van der Waals surface area (Å²) in [5.41, 5.74) is 4.04. The third-order valence-electron chi connectivity index (χ3n) is 4.27. The molecule has 1 N–H and O–H groups in total. The minimum Gasteiger partial charge on any atom is -0.444 e. The second-order valence-corrected chi connectivity index (χ2v) is 7.76. The minimum absolute atomic E-state index is 0.505. The molecule has 7 heteroatoms. The summed E-state index contributed by atoms with van der Waals surface area (Å²) in [6.45, 7) is 7.33. The van der Waals surface area contributed by atoms with Crippen molar-refractivity contribution < 1.29 is 14.1 Å². The average molecular weight is 390 g/mol. The van der Waals surface area contributed by atoms with Crippen molar-refractivity contribution in [2.45, 2.75) is 33.3 Å². The van der Waals surface area contributed by atoms with Crippen LogP contribution in [0.4, 0.5) is 10.5 Å². The van der Waals surface area contributed by atoms with Gasteiger partial charge in [0.05, 0.1) is 11.3 Å². The number of carbonyl (C=O) groups excluding carboxylic acids is 1. The van der Waals surface area contributed by atoms with Crippen LogP contribution in [0.2, 0.25) is 0 Å². The quantitative estimate of drug-likeness (QED) is 0.512. The van der Waals surface area contributed by atoms with Crippen LogP contribution in [0.5, 0.6) is 0 Å². The standard InChI is InChI=1S/C22H22N4O3/c1-14-19(20(25-29-14)15-8-6-5-7-9-15)17-13-26-11-10-16(12-18(26)24-17)23-21(27)28-22(2,3)4/h5-13H,1-4H3,(H,23,27). The monoisotopic (exact) mass is 390 g/mol. The van der Waals surface area contributed by atoms with Crippen LogP contribution in [0.1, 0.15) is 26.5 Å². The van der Waals surface area contributed by atoms with E-state index < -0.39 is 11.7 Å². The van der Waals surface area contributed by atoms with Gasteiger partial charge in [0.2, 0.25) is 0 Å². The average Bonchev–Trinajstić information content (AvgIpc) is 3.23. The molecule has 0 saturated heterocycles. The minimum atomic E-state index is -0.561. The van der Waals surface area contributed by atoms with Crippen molar-refractivity contribution in [1.82, 2.24) is 14.5 Å². The number of ether oxygens (including phenoxy) is 1. The number of nitrogens with one attached hydrogen (secondary N) is 1. The van der Waals surface area contributed by atoms with Gasteiger partial charge in [0, 0.05) is 29.7 Å². The zero-order valence-corrected chi connectivity index (χ0v) is 16.8. The molecule has 0 fully saturated rings. The highest BCUT2D eigenvalue weighted by Gasteiger charge is 2.20. The van der Waals surface area contributed by atoms with E-state index in [2.05, 4.69) is 10.5 Å². The predicted octanol–water partition coefficient (Wildman–Crippen LogP) is 5.31. The maximum absolute atomic E-state index is 12.0. The normalized spacial score (nSPS) is 11.6. The predicted molar refractivity (Wildman–Crippen MR) is 111 cm³/mol. The molecule has 0 unspecified atom stereocenters. The fourth-order valence-electron chi connectivity index (χ4n) is 3.07. The van der Waals surface area contributed by atoms with E-state index in [1.54, 1.807) is 12.1 Å². The molecule has 0 atom stereocenters. The number of nitrogens with zero attached hydrogens (tertiary/aromatic N) is 3. The van der Waals surface area contributed by atoms with Gasteiger partial charge in [0.1, 0.15) is 22.7 Å². The molecule has 0 aliphatic rings. The lowest BCUT2D eigenvalue weighted by Gasteiger charge is -2.19. The van der Waals surface area contributed by atoms with Crippen LogP contribution in [0, 0.1) is 6.92 Å². The van der Waals surface area contributed by atoms with Gasteiger partial charge in [-0.2, -0.15) is 0 Å². The van der Waals surface area contributed by atoms with Gasteiger partial charge in [-0.1, -0.05) is 35.5 Å². The number of aryl methyl sites for hydroxylation is 1. The lowest BCUT2D eigenvalue weighted by molar-refractivity contribution is 0.0636. The number of rotatable bonds is 3. The Morgan fingerprint density at radius 1 is 1.17 bits per heavy atom. The first-order valence-electron chi connectivity index (χ1n) is 9.31. The lowest BCUT2D eigenvalue weighted by atomic mass is 10.0. The summed E-state index contributed by atoms with van der Waals surface area (Å²) in [4.78, 5) is 16.7. The number of pyridine rings is 1. The number of aromatic nitrogens is 3. The Kier molecular flexibility index (Phi) is 4.58. The van der Waals surface area contributed by atoms with E-state index in [1.807, 2.05) is 74.8 Å². The Morgan fingerprint density at radius 2 is 1.93 bits per heavy atom. The second kappa shape index (κ2) is 7.09. The molecule has 1 amide bonds. The molecule has 4 aromatic rings. The molecule has 0 aliphatic heterocycles. The van der Waals surface area contributed by atoms with E-state index in [4.69, 9.17) is 14.2 Å². The number of imidazole rings is 1. The first-order valence-corrected chi connectivity index (χ1v) is 9.31. The third kappa shape index (κ3) is 3.99. The van der Waals surface area contributed by atoms with E-state index in [0.717, 1.165) is 22.5 Å². The number of carbonyl (C=O) groups is 1. The van der Waals surface area contributed by atoms with Crippen LogP contribution >= 0.6 is 0 Å². The highest BCUT2D eigenvalue weighted by Crippen LogP contribution is 2.33. The van der Waals surface area contributed by atoms with E-state index >= 15 is 0 Å². The van der Waals surface area contributed by atoms with Crippen molar-refractivity contribution in [2.24, 2.45) is 0 Å². The molecule has 29 heavy (non-hydrogen) atoms. The fraction of sp³-hybridized carbons (Fsp3) is 0.227. The highest BCUT2D eigenvalue weighted by atomic mass is 16.6. The van der Waals surface area contributed by atoms with Gasteiger partial charge in [0.25, 0.3) is 0 Å². The van der Waals surface area contributed by atoms with E-state index in [1.165, 1.54) is 0 Å². The zero-order valence-electron chi connectivity index (χ0n) is 16.8. The van der Waals surface area contributed by atoms with Gasteiger partial charge in [-0.15, -0.1) is 0 Å². The van der Waals surface area contributed by atoms with Gasteiger partial charge in [0.15, 0.2) is 0 Å². The number of hydrogen-bond donors (Lipinski definition) is 1. The number of benzene rings is 1. The molecule has 1 aromatic carbocycles. The second-order valence-electron chi connectivity index (χ2n) is 7.76. The molecular weight excluding hydrogens is 368 g/mol. The van der Waals surface area contributed by atoms with Crippen LogP contribution in [-0.2, 0) is 4.74 Å². The summed E-state index contributed by atoms with van der Waals surface area (Å²) in [6.07, 6.45) is 3.25. The van der Waals surface area contributed by atoms with Crippen LogP contribution < -0.4 is 5.32 Å². The maximum Gasteiger partial charge on any atom is 0.412 e. The highest BCUT2D eigenvalue weighted by molar-refractivity contribution is 5.86. The van der Waals surface area contributed by atoms with Gasteiger partial charge in [-0.05, 0) is 33.8 Å². The Labute approximate surface area is 168 Å². The van der Waals surface area contributed by atoms with E-state index in [-0.39, 0.29) is 0 Å². The van der Waals surface area contributed by atoms with Crippen molar-refractivity contribution in [3.63, 3.8) is 0 Å². The van der Waals surface area contributed by atoms with Gasteiger partial charge in [-0.25, -0.2) is 9.78 Å².